The first-order valence-electron chi connectivity index (χ1n) is 8.82. The van der Waals surface area contributed by atoms with E-state index in [4.69, 9.17) is 9.47 Å². The van der Waals surface area contributed by atoms with Gasteiger partial charge in [-0.05, 0) is 38.3 Å². The van der Waals surface area contributed by atoms with Crippen molar-refractivity contribution in [3.05, 3.63) is 36.4 Å². The molecule has 0 aliphatic rings. The summed E-state index contributed by atoms with van der Waals surface area (Å²) in [6, 6.07) is 11.4. The maximum absolute atomic E-state index is 9.61. The Morgan fingerprint density at radius 2 is 1.70 bits per heavy atom. The molecule has 0 radical (unpaired) electrons. The Hall–Kier alpha value is -2.86. The van der Waals surface area contributed by atoms with Gasteiger partial charge in [0.2, 0.25) is 0 Å². The summed E-state index contributed by atoms with van der Waals surface area (Å²) in [5.41, 5.74) is 4.21. The van der Waals surface area contributed by atoms with E-state index < -0.39 is 0 Å². The Labute approximate surface area is 160 Å². The molecular formula is C21H27N3O3. The molecule has 6 nitrogen and oxygen atoms in total. The zero-order valence-electron chi connectivity index (χ0n) is 16.4. The second-order valence-corrected chi connectivity index (χ2v) is 5.98. The van der Waals surface area contributed by atoms with Gasteiger partial charge in [-0.3, -0.25) is 9.98 Å². The number of anilines is 2. The number of aliphatic hydroxyl groups is 1. The number of methoxy groups -OCH3 is 2. The predicted molar refractivity (Wildman–Crippen MR) is 112 cm³/mol. The van der Waals surface area contributed by atoms with Crippen molar-refractivity contribution in [1.82, 2.24) is 0 Å². The zero-order chi connectivity index (χ0) is 19.8. The van der Waals surface area contributed by atoms with Gasteiger partial charge < -0.3 is 19.5 Å². The van der Waals surface area contributed by atoms with Crippen LogP contribution in [0, 0.1) is 0 Å². The number of rotatable bonds is 9. The van der Waals surface area contributed by atoms with E-state index >= 15 is 0 Å². The average molecular weight is 369 g/mol. The summed E-state index contributed by atoms with van der Waals surface area (Å²) in [6.07, 6.45) is 0.855. The van der Waals surface area contributed by atoms with Crippen LogP contribution in [0.25, 0.3) is 0 Å². The van der Waals surface area contributed by atoms with Gasteiger partial charge in [-0.2, -0.15) is 0 Å². The van der Waals surface area contributed by atoms with Crippen molar-refractivity contribution >= 4 is 35.2 Å². The number of hydrogen-bond acceptors (Lipinski definition) is 6. The van der Waals surface area contributed by atoms with Gasteiger partial charge in [0, 0.05) is 41.8 Å². The summed E-state index contributed by atoms with van der Waals surface area (Å²) in [5, 5.41) is 9.61. The van der Waals surface area contributed by atoms with Gasteiger partial charge in [0.05, 0.1) is 32.2 Å². The second-order valence-electron chi connectivity index (χ2n) is 5.98. The molecule has 0 bridgehead atoms. The zero-order valence-corrected chi connectivity index (χ0v) is 16.4. The normalized spacial score (nSPS) is 11.2. The molecule has 144 valence electrons. The van der Waals surface area contributed by atoms with E-state index in [2.05, 4.69) is 23.6 Å². The first-order valence-corrected chi connectivity index (χ1v) is 8.82. The van der Waals surface area contributed by atoms with Crippen LogP contribution >= 0.6 is 0 Å². The maximum atomic E-state index is 9.61. The van der Waals surface area contributed by atoms with Crippen LogP contribution in [0.2, 0.25) is 0 Å². The number of aliphatic hydroxyl groups excluding tert-OH is 1. The second kappa shape index (κ2) is 9.73. The van der Waals surface area contributed by atoms with Crippen LogP contribution in [-0.2, 0) is 0 Å². The van der Waals surface area contributed by atoms with Crippen molar-refractivity contribution in [1.29, 1.82) is 0 Å². The number of nitrogens with zero attached hydrogens (tertiary/aromatic N) is 3. The van der Waals surface area contributed by atoms with E-state index in [-0.39, 0.29) is 6.61 Å². The highest BCUT2D eigenvalue weighted by Gasteiger charge is 2.14. The fourth-order valence-electron chi connectivity index (χ4n) is 2.64. The average Bonchev–Trinajstić information content (AvgIpc) is 2.71. The van der Waals surface area contributed by atoms with Gasteiger partial charge in [0.15, 0.2) is 0 Å². The third kappa shape index (κ3) is 5.08. The molecule has 0 saturated carbocycles. The van der Waals surface area contributed by atoms with Crippen molar-refractivity contribution in [3.63, 3.8) is 0 Å². The molecule has 0 aliphatic heterocycles. The Kier molecular flexibility index (Phi) is 7.37. The third-order valence-electron chi connectivity index (χ3n) is 4.24. The largest absolute Gasteiger partial charge is 0.497 e. The lowest BCUT2D eigenvalue weighted by molar-refractivity contribution is 0.305. The van der Waals surface area contributed by atoms with E-state index in [9.17, 15) is 5.11 Å². The van der Waals surface area contributed by atoms with Crippen molar-refractivity contribution in [2.45, 2.75) is 20.3 Å². The van der Waals surface area contributed by atoms with Crippen LogP contribution < -0.4 is 14.4 Å². The Bertz CT molecular complexity index is 796. The Balaban J connectivity index is 2.57. The van der Waals surface area contributed by atoms with Gasteiger partial charge in [0.1, 0.15) is 11.5 Å². The first kappa shape index (κ1) is 20.5. The molecule has 0 aliphatic carbocycles. The van der Waals surface area contributed by atoms with Gasteiger partial charge in [-0.25, -0.2) is 0 Å². The molecule has 0 heterocycles. The third-order valence-corrected chi connectivity index (χ3v) is 4.24. The molecule has 27 heavy (non-hydrogen) atoms. The summed E-state index contributed by atoms with van der Waals surface area (Å²) in [7, 11) is 3.22. The van der Waals surface area contributed by atoms with E-state index in [1.165, 1.54) is 0 Å². The molecule has 2 rings (SSSR count). The topological polar surface area (TPSA) is 66.7 Å². The quantitative estimate of drug-likeness (QED) is 0.652. The van der Waals surface area contributed by atoms with Gasteiger partial charge >= 0.3 is 0 Å². The summed E-state index contributed by atoms with van der Waals surface area (Å²) in [6.45, 7) is 8.08. The molecule has 0 unspecified atom stereocenters. The molecule has 0 atom stereocenters. The Morgan fingerprint density at radius 1 is 1.04 bits per heavy atom. The van der Waals surface area contributed by atoms with E-state index in [0.717, 1.165) is 34.9 Å². The van der Waals surface area contributed by atoms with Crippen molar-refractivity contribution in [2.24, 2.45) is 9.98 Å². The van der Waals surface area contributed by atoms with Crippen molar-refractivity contribution in [2.75, 3.05) is 32.3 Å². The Morgan fingerprint density at radius 3 is 2.22 bits per heavy atom. The first-order chi connectivity index (χ1) is 13.1. The van der Waals surface area contributed by atoms with Gasteiger partial charge in [-0.1, -0.05) is 6.92 Å². The van der Waals surface area contributed by atoms with Crippen LogP contribution in [0.5, 0.6) is 11.5 Å². The highest BCUT2D eigenvalue weighted by atomic mass is 16.5. The molecule has 0 fully saturated rings. The molecule has 2 aromatic carbocycles. The van der Waals surface area contributed by atoms with Crippen LogP contribution in [0.3, 0.4) is 0 Å². The standard InChI is InChI=1S/C21H27N3O3/c1-6-15(2)23-21-13-16(7-8-20(21)22-3)24(9-10-25)17-11-18(26-4)14-19(12-17)27-5/h7-8,11-14,25H,3,6,9-10H2,1-2,4-5H3/b23-15+. The minimum atomic E-state index is -0.00638. The molecule has 0 amide bonds. The van der Waals surface area contributed by atoms with E-state index in [0.29, 0.717) is 18.0 Å². The molecule has 6 heteroatoms. The summed E-state index contributed by atoms with van der Waals surface area (Å²) < 4.78 is 10.7. The minimum absolute atomic E-state index is 0.00638. The minimum Gasteiger partial charge on any atom is -0.497 e. The number of benzene rings is 2. The fraction of sp³-hybridized carbons (Fsp3) is 0.333. The maximum Gasteiger partial charge on any atom is 0.124 e. The van der Waals surface area contributed by atoms with Gasteiger partial charge in [0.25, 0.3) is 0 Å². The van der Waals surface area contributed by atoms with E-state index in [1.807, 2.05) is 48.2 Å². The van der Waals surface area contributed by atoms with Crippen LogP contribution in [0.4, 0.5) is 22.7 Å². The lowest BCUT2D eigenvalue weighted by Crippen LogP contribution is -2.21. The summed E-state index contributed by atoms with van der Waals surface area (Å²) in [5.74, 6) is 1.36. The van der Waals surface area contributed by atoms with Gasteiger partial charge in [-0.15, -0.1) is 0 Å². The van der Waals surface area contributed by atoms with Crippen molar-refractivity contribution in [3.8, 4) is 11.5 Å². The monoisotopic (exact) mass is 369 g/mol. The molecule has 0 saturated heterocycles. The number of ether oxygens (including phenoxy) is 2. The van der Waals surface area contributed by atoms with Crippen LogP contribution in [0.1, 0.15) is 20.3 Å². The molecular weight excluding hydrogens is 342 g/mol. The number of aliphatic imine (C=N–C) groups is 2. The molecule has 2 aromatic rings. The lowest BCUT2D eigenvalue weighted by Gasteiger charge is -2.25. The summed E-state index contributed by atoms with van der Waals surface area (Å²) in [4.78, 5) is 10.7. The molecule has 0 spiro atoms. The predicted octanol–water partition coefficient (Wildman–Crippen LogP) is 4.67. The number of hydrogen-bond donors (Lipinski definition) is 1. The fourth-order valence-corrected chi connectivity index (χ4v) is 2.64. The highest BCUT2D eigenvalue weighted by Crippen LogP contribution is 2.37. The van der Waals surface area contributed by atoms with Crippen molar-refractivity contribution < 1.29 is 14.6 Å². The lowest BCUT2D eigenvalue weighted by atomic mass is 10.2. The summed E-state index contributed by atoms with van der Waals surface area (Å²) >= 11 is 0. The smallest absolute Gasteiger partial charge is 0.124 e. The molecule has 0 aromatic heterocycles. The van der Waals surface area contributed by atoms with Crippen LogP contribution in [-0.4, -0.2) is 44.9 Å². The highest BCUT2D eigenvalue weighted by molar-refractivity contribution is 5.87. The van der Waals surface area contributed by atoms with E-state index in [1.54, 1.807) is 14.2 Å². The van der Waals surface area contributed by atoms with Crippen LogP contribution in [0.15, 0.2) is 46.4 Å². The SMILES string of the molecule is C=Nc1ccc(N(CCO)c2cc(OC)cc(OC)c2)cc1/N=C(\C)CC. The molecule has 1 N–H and O–H groups in total.